The standard InChI is InChI=1S/C19H30N2O/c1-4-20(5-2)15-16(3)19(22)21-13-11-18(12-14-21)17-9-7-6-8-10-17/h6-10,16,18H,4-5,11-15H2,1-3H3. The molecule has 1 fully saturated rings. The molecule has 1 aromatic carbocycles. The second kappa shape index (κ2) is 8.33. The van der Waals surface area contributed by atoms with Gasteiger partial charge in [-0.05, 0) is 37.4 Å². The molecule has 1 unspecified atom stereocenters. The summed E-state index contributed by atoms with van der Waals surface area (Å²) in [6, 6.07) is 10.7. The van der Waals surface area contributed by atoms with Crippen LogP contribution in [0.15, 0.2) is 30.3 Å². The highest BCUT2D eigenvalue weighted by Crippen LogP contribution is 2.28. The Hall–Kier alpha value is -1.35. The number of hydrogen-bond donors (Lipinski definition) is 0. The van der Waals surface area contributed by atoms with Gasteiger partial charge in [-0.3, -0.25) is 4.79 Å². The van der Waals surface area contributed by atoms with Crippen LogP contribution >= 0.6 is 0 Å². The lowest BCUT2D eigenvalue weighted by atomic mass is 9.89. The van der Waals surface area contributed by atoms with E-state index in [0.29, 0.717) is 11.8 Å². The van der Waals surface area contributed by atoms with Crippen LogP contribution in [0.3, 0.4) is 0 Å². The Morgan fingerprint density at radius 3 is 2.32 bits per heavy atom. The first-order chi connectivity index (χ1) is 10.7. The quantitative estimate of drug-likeness (QED) is 0.804. The summed E-state index contributed by atoms with van der Waals surface area (Å²) >= 11 is 0. The van der Waals surface area contributed by atoms with Gasteiger partial charge < -0.3 is 9.80 Å². The van der Waals surface area contributed by atoms with Gasteiger partial charge in [0.2, 0.25) is 5.91 Å². The molecule has 0 aliphatic carbocycles. The number of likely N-dealkylation sites (tertiary alicyclic amines) is 1. The Morgan fingerprint density at radius 1 is 1.18 bits per heavy atom. The molecule has 1 atom stereocenters. The van der Waals surface area contributed by atoms with Crippen molar-refractivity contribution in [2.24, 2.45) is 5.92 Å². The minimum Gasteiger partial charge on any atom is -0.342 e. The first-order valence-corrected chi connectivity index (χ1v) is 8.71. The highest BCUT2D eigenvalue weighted by molar-refractivity contribution is 5.78. The van der Waals surface area contributed by atoms with Crippen LogP contribution in [0.1, 0.15) is 45.1 Å². The maximum absolute atomic E-state index is 12.6. The van der Waals surface area contributed by atoms with Crippen molar-refractivity contribution < 1.29 is 4.79 Å². The van der Waals surface area contributed by atoms with E-state index in [1.165, 1.54) is 5.56 Å². The molecule has 1 aromatic rings. The van der Waals surface area contributed by atoms with Crippen molar-refractivity contribution >= 4 is 5.91 Å². The van der Waals surface area contributed by atoms with E-state index in [1.54, 1.807) is 0 Å². The van der Waals surface area contributed by atoms with Gasteiger partial charge in [-0.2, -0.15) is 0 Å². The van der Waals surface area contributed by atoms with Crippen LogP contribution in [0.2, 0.25) is 0 Å². The molecule has 0 aromatic heterocycles. The highest BCUT2D eigenvalue weighted by atomic mass is 16.2. The molecule has 0 saturated carbocycles. The van der Waals surface area contributed by atoms with Crippen molar-refractivity contribution in [1.82, 2.24) is 9.80 Å². The number of amides is 1. The van der Waals surface area contributed by atoms with Crippen LogP contribution in [0.5, 0.6) is 0 Å². The molecule has 22 heavy (non-hydrogen) atoms. The van der Waals surface area contributed by atoms with Crippen molar-refractivity contribution in [2.75, 3.05) is 32.7 Å². The molecule has 1 heterocycles. The van der Waals surface area contributed by atoms with Crippen LogP contribution in [-0.2, 0) is 4.79 Å². The molecular formula is C19H30N2O. The van der Waals surface area contributed by atoms with Gasteiger partial charge in [0.05, 0.1) is 0 Å². The molecule has 1 amide bonds. The zero-order chi connectivity index (χ0) is 15.9. The minimum atomic E-state index is 0.105. The molecule has 3 nitrogen and oxygen atoms in total. The molecule has 0 radical (unpaired) electrons. The van der Waals surface area contributed by atoms with Gasteiger partial charge in [-0.1, -0.05) is 51.1 Å². The third-order valence-corrected chi connectivity index (χ3v) is 4.93. The number of piperidine rings is 1. The summed E-state index contributed by atoms with van der Waals surface area (Å²) in [6.07, 6.45) is 2.18. The average molecular weight is 302 g/mol. The first kappa shape index (κ1) is 17.0. The fraction of sp³-hybridized carbons (Fsp3) is 0.632. The summed E-state index contributed by atoms with van der Waals surface area (Å²) in [4.78, 5) is 17.0. The van der Waals surface area contributed by atoms with Gasteiger partial charge in [-0.25, -0.2) is 0 Å². The number of nitrogens with zero attached hydrogens (tertiary/aromatic N) is 2. The predicted octanol–water partition coefficient (Wildman–Crippen LogP) is 3.37. The van der Waals surface area contributed by atoms with Crippen molar-refractivity contribution in [3.63, 3.8) is 0 Å². The molecule has 3 heteroatoms. The Morgan fingerprint density at radius 2 is 1.77 bits per heavy atom. The van der Waals surface area contributed by atoms with E-state index in [0.717, 1.165) is 45.6 Å². The number of rotatable bonds is 6. The zero-order valence-electron chi connectivity index (χ0n) is 14.3. The van der Waals surface area contributed by atoms with E-state index in [1.807, 2.05) is 0 Å². The summed E-state index contributed by atoms with van der Waals surface area (Å²) in [5.74, 6) is 1.05. The van der Waals surface area contributed by atoms with Crippen LogP contribution in [0, 0.1) is 5.92 Å². The zero-order valence-corrected chi connectivity index (χ0v) is 14.3. The summed E-state index contributed by atoms with van der Waals surface area (Å²) in [6.45, 7) is 11.1. The monoisotopic (exact) mass is 302 g/mol. The lowest BCUT2D eigenvalue weighted by molar-refractivity contribution is -0.136. The predicted molar refractivity (Wildman–Crippen MR) is 91.9 cm³/mol. The van der Waals surface area contributed by atoms with Crippen molar-refractivity contribution in [1.29, 1.82) is 0 Å². The number of benzene rings is 1. The summed E-state index contributed by atoms with van der Waals surface area (Å²) in [7, 11) is 0. The Labute approximate surface area is 135 Å². The lowest BCUT2D eigenvalue weighted by Crippen LogP contribution is -2.43. The molecule has 1 saturated heterocycles. The first-order valence-electron chi connectivity index (χ1n) is 8.71. The summed E-state index contributed by atoms with van der Waals surface area (Å²) in [5.41, 5.74) is 1.42. The van der Waals surface area contributed by atoms with E-state index in [-0.39, 0.29) is 5.92 Å². The molecule has 0 N–H and O–H groups in total. The largest absolute Gasteiger partial charge is 0.342 e. The third-order valence-electron chi connectivity index (χ3n) is 4.93. The Bertz CT molecular complexity index is 448. The van der Waals surface area contributed by atoms with Crippen LogP contribution < -0.4 is 0 Å². The van der Waals surface area contributed by atoms with E-state index in [2.05, 4.69) is 60.9 Å². The summed E-state index contributed by atoms with van der Waals surface area (Å²) < 4.78 is 0. The molecule has 122 valence electrons. The number of hydrogen-bond acceptors (Lipinski definition) is 2. The van der Waals surface area contributed by atoms with Crippen molar-refractivity contribution in [2.45, 2.75) is 39.5 Å². The number of carbonyl (C=O) groups is 1. The topological polar surface area (TPSA) is 23.6 Å². The second-order valence-corrected chi connectivity index (χ2v) is 6.40. The van der Waals surface area contributed by atoms with Crippen molar-refractivity contribution in [3.05, 3.63) is 35.9 Å². The summed E-state index contributed by atoms with van der Waals surface area (Å²) in [5, 5.41) is 0. The Kier molecular flexibility index (Phi) is 6.44. The minimum absolute atomic E-state index is 0.105. The van der Waals surface area contributed by atoms with Gasteiger partial charge in [-0.15, -0.1) is 0 Å². The van der Waals surface area contributed by atoms with E-state index < -0.39 is 0 Å². The van der Waals surface area contributed by atoms with E-state index >= 15 is 0 Å². The molecule has 1 aliphatic rings. The fourth-order valence-corrected chi connectivity index (χ4v) is 3.42. The van der Waals surface area contributed by atoms with Crippen molar-refractivity contribution in [3.8, 4) is 0 Å². The Balaban J connectivity index is 1.84. The molecule has 1 aliphatic heterocycles. The maximum Gasteiger partial charge on any atom is 0.226 e. The van der Waals surface area contributed by atoms with Crippen LogP contribution in [0.25, 0.3) is 0 Å². The van der Waals surface area contributed by atoms with Gasteiger partial charge in [0.15, 0.2) is 0 Å². The highest BCUT2D eigenvalue weighted by Gasteiger charge is 2.27. The van der Waals surface area contributed by atoms with Crippen LogP contribution in [0.4, 0.5) is 0 Å². The third kappa shape index (κ3) is 4.33. The van der Waals surface area contributed by atoms with Gasteiger partial charge in [0.25, 0.3) is 0 Å². The average Bonchev–Trinajstić information content (AvgIpc) is 2.59. The molecule has 0 bridgehead atoms. The SMILES string of the molecule is CCN(CC)CC(C)C(=O)N1CCC(c2ccccc2)CC1. The van der Waals surface area contributed by atoms with Gasteiger partial charge >= 0.3 is 0 Å². The molecule has 0 spiro atoms. The van der Waals surface area contributed by atoms with E-state index in [9.17, 15) is 4.79 Å². The molecular weight excluding hydrogens is 272 g/mol. The van der Waals surface area contributed by atoms with E-state index in [4.69, 9.17) is 0 Å². The smallest absolute Gasteiger partial charge is 0.226 e. The molecule has 2 rings (SSSR count). The normalized spacial score (nSPS) is 17.7. The van der Waals surface area contributed by atoms with Crippen LogP contribution in [-0.4, -0.2) is 48.4 Å². The van der Waals surface area contributed by atoms with Gasteiger partial charge in [0.1, 0.15) is 0 Å². The second-order valence-electron chi connectivity index (χ2n) is 6.40. The number of carbonyl (C=O) groups excluding carboxylic acids is 1. The fourth-order valence-electron chi connectivity index (χ4n) is 3.42. The van der Waals surface area contributed by atoms with Gasteiger partial charge in [0, 0.05) is 25.6 Å². The maximum atomic E-state index is 12.6. The lowest BCUT2D eigenvalue weighted by Gasteiger charge is -2.34.